The first-order chi connectivity index (χ1) is 12.9. The van der Waals surface area contributed by atoms with Crippen molar-refractivity contribution in [3.63, 3.8) is 0 Å². The molecular weight excluding hydrogens is 356 g/mol. The van der Waals surface area contributed by atoms with E-state index in [1.54, 1.807) is 4.57 Å². The highest BCUT2D eigenvalue weighted by molar-refractivity contribution is 7.17. The van der Waals surface area contributed by atoms with E-state index in [1.165, 1.54) is 21.5 Å². The zero-order valence-electron chi connectivity index (χ0n) is 15.5. The Kier molecular flexibility index (Phi) is 4.32. The molecule has 0 radical (unpaired) electrons. The number of benzene rings is 2. The number of nitrogens with zero attached hydrogens (tertiary/aromatic N) is 2. The minimum Gasteiger partial charge on any atom is -0.288 e. The third-order valence-corrected chi connectivity index (χ3v) is 5.57. The van der Waals surface area contributed by atoms with Gasteiger partial charge in [-0.3, -0.25) is 9.36 Å². The Morgan fingerprint density at radius 2 is 1.52 bits per heavy atom. The first-order valence-corrected chi connectivity index (χ1v) is 9.69. The molecule has 0 fully saturated rings. The largest absolute Gasteiger partial charge is 0.336 e. The normalized spacial score (nSPS) is 11.2. The van der Waals surface area contributed by atoms with E-state index in [0.29, 0.717) is 22.4 Å². The second-order valence-electron chi connectivity index (χ2n) is 6.98. The van der Waals surface area contributed by atoms with Gasteiger partial charge in [-0.2, -0.15) is 0 Å². The van der Waals surface area contributed by atoms with Crippen LogP contribution in [0.15, 0.2) is 63.5 Å². The Labute approximate surface area is 161 Å². The molecule has 5 heteroatoms. The van der Waals surface area contributed by atoms with Crippen LogP contribution in [-0.2, 0) is 6.54 Å². The van der Waals surface area contributed by atoms with Crippen LogP contribution < -0.4 is 11.2 Å². The van der Waals surface area contributed by atoms with Crippen molar-refractivity contribution in [1.29, 1.82) is 0 Å². The molecular formula is C22H20N2O2S. The molecule has 136 valence electrons. The molecule has 4 aromatic rings. The van der Waals surface area contributed by atoms with E-state index in [-0.39, 0.29) is 11.2 Å². The number of hydrogen-bond acceptors (Lipinski definition) is 3. The van der Waals surface area contributed by atoms with Crippen LogP contribution in [0.5, 0.6) is 0 Å². The molecule has 0 bridgehead atoms. The van der Waals surface area contributed by atoms with E-state index < -0.39 is 0 Å². The lowest BCUT2D eigenvalue weighted by Crippen LogP contribution is -2.38. The number of rotatable bonds is 3. The third kappa shape index (κ3) is 3.15. The summed E-state index contributed by atoms with van der Waals surface area (Å²) in [5.74, 6) is 0. The number of aromatic nitrogens is 2. The Morgan fingerprint density at radius 3 is 2.19 bits per heavy atom. The predicted octanol–water partition coefficient (Wildman–Crippen LogP) is 4.19. The molecule has 0 saturated heterocycles. The van der Waals surface area contributed by atoms with Crippen molar-refractivity contribution < 1.29 is 0 Å². The summed E-state index contributed by atoms with van der Waals surface area (Å²) in [4.78, 5) is 26.4. The van der Waals surface area contributed by atoms with E-state index in [1.807, 2.05) is 74.7 Å². The summed E-state index contributed by atoms with van der Waals surface area (Å²) in [5.41, 5.74) is 4.99. The summed E-state index contributed by atoms with van der Waals surface area (Å²) in [6.07, 6.45) is 0. The minimum atomic E-state index is -0.309. The summed E-state index contributed by atoms with van der Waals surface area (Å²) >= 11 is 1.37. The van der Waals surface area contributed by atoms with Crippen LogP contribution in [0.3, 0.4) is 0 Å². The fourth-order valence-corrected chi connectivity index (χ4v) is 4.25. The molecule has 0 unspecified atom stereocenters. The molecule has 2 heterocycles. The average Bonchev–Trinajstić information content (AvgIpc) is 3.09. The quantitative estimate of drug-likeness (QED) is 0.538. The van der Waals surface area contributed by atoms with Crippen molar-refractivity contribution in [1.82, 2.24) is 9.13 Å². The van der Waals surface area contributed by atoms with Gasteiger partial charge in [0.05, 0.1) is 17.7 Å². The van der Waals surface area contributed by atoms with Crippen LogP contribution in [0, 0.1) is 20.8 Å². The fraction of sp³-hybridized carbons (Fsp3) is 0.182. The number of thiophene rings is 1. The highest BCUT2D eigenvalue weighted by Crippen LogP contribution is 2.18. The predicted molar refractivity (Wildman–Crippen MR) is 111 cm³/mol. The van der Waals surface area contributed by atoms with Gasteiger partial charge in [0.15, 0.2) is 0 Å². The molecule has 0 aliphatic carbocycles. The molecule has 0 aliphatic heterocycles. The molecule has 0 amide bonds. The molecule has 2 aromatic carbocycles. The van der Waals surface area contributed by atoms with Crippen LogP contribution in [0.1, 0.15) is 22.3 Å². The van der Waals surface area contributed by atoms with Gasteiger partial charge >= 0.3 is 5.69 Å². The van der Waals surface area contributed by atoms with Crippen molar-refractivity contribution in [2.75, 3.05) is 0 Å². The summed E-state index contributed by atoms with van der Waals surface area (Å²) in [6, 6.07) is 15.7. The molecule has 0 N–H and O–H groups in total. The van der Waals surface area contributed by atoms with E-state index in [2.05, 4.69) is 0 Å². The van der Waals surface area contributed by atoms with Crippen molar-refractivity contribution in [2.24, 2.45) is 0 Å². The summed E-state index contributed by atoms with van der Waals surface area (Å²) < 4.78 is 3.59. The second kappa shape index (κ2) is 6.67. The molecule has 0 spiro atoms. The molecule has 0 saturated carbocycles. The maximum Gasteiger partial charge on any atom is 0.336 e. The number of aryl methyl sites for hydroxylation is 3. The van der Waals surface area contributed by atoms with Gasteiger partial charge in [0.2, 0.25) is 0 Å². The first-order valence-electron chi connectivity index (χ1n) is 8.81. The Morgan fingerprint density at radius 1 is 0.852 bits per heavy atom. The Balaban J connectivity index is 1.99. The van der Waals surface area contributed by atoms with Crippen LogP contribution in [0.2, 0.25) is 0 Å². The number of fused-ring (bicyclic) bond motifs is 1. The fourth-order valence-electron chi connectivity index (χ4n) is 3.42. The summed E-state index contributed by atoms with van der Waals surface area (Å²) in [5, 5.41) is 1.86. The highest BCUT2D eigenvalue weighted by Gasteiger charge is 2.16. The van der Waals surface area contributed by atoms with E-state index >= 15 is 0 Å². The van der Waals surface area contributed by atoms with Crippen LogP contribution in [0.25, 0.3) is 15.9 Å². The van der Waals surface area contributed by atoms with Gasteiger partial charge in [-0.05, 0) is 61.0 Å². The van der Waals surface area contributed by atoms with Crippen LogP contribution >= 0.6 is 11.3 Å². The van der Waals surface area contributed by atoms with Crippen molar-refractivity contribution in [3.8, 4) is 5.69 Å². The molecule has 4 rings (SSSR count). The second-order valence-corrected chi connectivity index (χ2v) is 7.89. The monoisotopic (exact) mass is 376 g/mol. The van der Waals surface area contributed by atoms with Crippen LogP contribution in [0.4, 0.5) is 0 Å². The maximum absolute atomic E-state index is 13.3. The van der Waals surface area contributed by atoms with Crippen molar-refractivity contribution in [3.05, 3.63) is 97.0 Å². The zero-order chi connectivity index (χ0) is 19.1. The van der Waals surface area contributed by atoms with Gasteiger partial charge < -0.3 is 0 Å². The SMILES string of the molecule is Cc1ccc(Cn2c(=O)n(-c3cc(C)cc(C)c3)c(=O)c3sccc32)cc1. The van der Waals surface area contributed by atoms with E-state index in [0.717, 1.165) is 16.7 Å². The highest BCUT2D eigenvalue weighted by atomic mass is 32.1. The maximum atomic E-state index is 13.3. The Bertz CT molecular complexity index is 1240. The van der Waals surface area contributed by atoms with Gasteiger partial charge in [0.25, 0.3) is 5.56 Å². The van der Waals surface area contributed by atoms with Crippen molar-refractivity contribution >= 4 is 21.6 Å². The van der Waals surface area contributed by atoms with Gasteiger partial charge in [-0.1, -0.05) is 35.9 Å². The smallest absolute Gasteiger partial charge is 0.288 e. The number of hydrogen-bond donors (Lipinski definition) is 0. The molecule has 0 atom stereocenters. The molecule has 2 aromatic heterocycles. The van der Waals surface area contributed by atoms with E-state index in [9.17, 15) is 9.59 Å². The van der Waals surface area contributed by atoms with Gasteiger partial charge in [0.1, 0.15) is 4.70 Å². The van der Waals surface area contributed by atoms with Gasteiger partial charge in [-0.25, -0.2) is 9.36 Å². The third-order valence-electron chi connectivity index (χ3n) is 4.68. The summed E-state index contributed by atoms with van der Waals surface area (Å²) in [6.45, 7) is 6.40. The molecule has 4 nitrogen and oxygen atoms in total. The topological polar surface area (TPSA) is 44.0 Å². The lowest BCUT2D eigenvalue weighted by Gasteiger charge is -2.13. The van der Waals surface area contributed by atoms with Gasteiger partial charge in [0, 0.05) is 0 Å². The summed E-state index contributed by atoms with van der Waals surface area (Å²) in [7, 11) is 0. The van der Waals surface area contributed by atoms with Gasteiger partial charge in [-0.15, -0.1) is 11.3 Å². The van der Waals surface area contributed by atoms with E-state index in [4.69, 9.17) is 0 Å². The first kappa shape index (κ1) is 17.5. The molecule has 27 heavy (non-hydrogen) atoms. The molecule has 0 aliphatic rings. The lowest BCUT2D eigenvalue weighted by atomic mass is 10.1. The zero-order valence-corrected chi connectivity index (χ0v) is 16.3. The Hall–Kier alpha value is -2.92. The van der Waals surface area contributed by atoms with Crippen molar-refractivity contribution in [2.45, 2.75) is 27.3 Å². The average molecular weight is 376 g/mol. The lowest BCUT2D eigenvalue weighted by molar-refractivity contribution is 0.716. The minimum absolute atomic E-state index is 0.254. The standard InChI is InChI=1S/C22H20N2O2S/c1-14-4-6-17(7-5-14)13-23-19-8-9-27-20(19)21(25)24(22(23)26)18-11-15(2)10-16(3)12-18/h4-12H,13H2,1-3H3. The van der Waals surface area contributed by atoms with Crippen LogP contribution in [-0.4, -0.2) is 9.13 Å².